The smallest absolute Gasteiger partial charge is 0.242 e. The molecule has 0 saturated heterocycles. The Morgan fingerprint density at radius 2 is 2.00 bits per heavy atom. The van der Waals surface area contributed by atoms with E-state index in [2.05, 4.69) is 29.1 Å². The molecule has 0 amide bonds. The first-order valence-electron chi connectivity index (χ1n) is 6.01. The van der Waals surface area contributed by atoms with Gasteiger partial charge >= 0.3 is 0 Å². The zero-order valence-corrected chi connectivity index (χ0v) is 11.5. The number of ether oxygens (including phenoxy) is 2. The number of hydrogen-bond acceptors (Lipinski definition) is 6. The number of nitrogens with zero attached hydrogens (tertiary/aromatic N) is 2. The molecule has 18 heavy (non-hydrogen) atoms. The molecule has 0 fully saturated rings. The normalized spacial score (nSPS) is 10.7. The molecule has 0 aliphatic carbocycles. The molecule has 102 valence electrons. The van der Waals surface area contributed by atoms with Crippen LogP contribution in [0.1, 0.15) is 26.1 Å². The van der Waals surface area contributed by atoms with E-state index in [1.54, 1.807) is 7.11 Å². The van der Waals surface area contributed by atoms with Crippen LogP contribution >= 0.6 is 0 Å². The van der Waals surface area contributed by atoms with Crippen molar-refractivity contribution in [2.24, 2.45) is 5.92 Å². The Morgan fingerprint density at radius 1 is 1.28 bits per heavy atom. The van der Waals surface area contributed by atoms with Gasteiger partial charge in [0, 0.05) is 13.7 Å². The predicted octanol–water partition coefficient (Wildman–Crippen LogP) is 1.67. The second-order valence-electron chi connectivity index (χ2n) is 4.45. The summed E-state index contributed by atoms with van der Waals surface area (Å²) in [7, 11) is 3.13. The van der Waals surface area contributed by atoms with Crippen molar-refractivity contribution >= 4 is 11.5 Å². The van der Waals surface area contributed by atoms with Gasteiger partial charge in [-0.05, 0) is 12.3 Å². The van der Waals surface area contributed by atoms with Crippen LogP contribution in [0.15, 0.2) is 0 Å². The van der Waals surface area contributed by atoms with E-state index in [0.29, 0.717) is 35.7 Å². The summed E-state index contributed by atoms with van der Waals surface area (Å²) >= 11 is 0. The van der Waals surface area contributed by atoms with Gasteiger partial charge in [-0.1, -0.05) is 13.8 Å². The third-order valence-electron chi connectivity index (χ3n) is 2.44. The van der Waals surface area contributed by atoms with E-state index in [0.717, 1.165) is 13.0 Å². The molecule has 0 saturated carbocycles. The molecule has 0 spiro atoms. The molecule has 1 heterocycles. The Kier molecular flexibility index (Phi) is 5.64. The summed E-state index contributed by atoms with van der Waals surface area (Å²) in [6.45, 7) is 5.48. The van der Waals surface area contributed by atoms with Crippen molar-refractivity contribution in [1.29, 1.82) is 0 Å². The lowest BCUT2D eigenvalue weighted by Crippen LogP contribution is -2.12. The monoisotopic (exact) mass is 254 g/mol. The molecule has 6 nitrogen and oxygen atoms in total. The second kappa shape index (κ2) is 7.00. The molecule has 0 aliphatic rings. The number of nitrogens with one attached hydrogen (secondary N) is 1. The van der Waals surface area contributed by atoms with E-state index in [-0.39, 0.29) is 0 Å². The molecule has 0 bridgehead atoms. The molecule has 0 atom stereocenters. The lowest BCUT2D eigenvalue weighted by molar-refractivity contribution is 0.177. The molecule has 6 heteroatoms. The van der Waals surface area contributed by atoms with Crippen molar-refractivity contribution in [1.82, 2.24) is 9.97 Å². The molecule has 0 radical (unpaired) electrons. The highest BCUT2D eigenvalue weighted by Crippen LogP contribution is 2.25. The molecule has 1 rings (SSSR count). The maximum absolute atomic E-state index is 5.92. The summed E-state index contributed by atoms with van der Waals surface area (Å²) in [6.07, 6.45) is 1.05. The Hall–Kier alpha value is -1.56. The minimum Gasteiger partial charge on any atom is -0.479 e. The summed E-state index contributed by atoms with van der Waals surface area (Å²) in [6, 6.07) is 0. The van der Waals surface area contributed by atoms with Crippen molar-refractivity contribution in [3.63, 3.8) is 0 Å². The molecule has 0 aliphatic heterocycles. The number of rotatable bonds is 7. The van der Waals surface area contributed by atoms with Crippen LogP contribution in [0.3, 0.4) is 0 Å². The van der Waals surface area contributed by atoms with E-state index >= 15 is 0 Å². The van der Waals surface area contributed by atoms with Crippen molar-refractivity contribution in [2.45, 2.75) is 26.9 Å². The number of anilines is 2. The third kappa shape index (κ3) is 4.03. The Bertz CT molecular complexity index is 383. The maximum atomic E-state index is 5.92. The van der Waals surface area contributed by atoms with Gasteiger partial charge in [0.2, 0.25) is 5.88 Å². The molecular formula is C12H22N4O2. The zero-order valence-electron chi connectivity index (χ0n) is 11.5. The minimum atomic E-state index is 0.329. The van der Waals surface area contributed by atoms with Crippen LogP contribution < -0.4 is 15.8 Å². The highest BCUT2D eigenvalue weighted by atomic mass is 16.5. The first-order chi connectivity index (χ1) is 8.58. The molecule has 1 aromatic rings. The lowest BCUT2D eigenvalue weighted by Gasteiger charge is -2.13. The molecule has 0 unspecified atom stereocenters. The van der Waals surface area contributed by atoms with Gasteiger partial charge in [0.1, 0.15) is 12.3 Å². The number of nitrogens with two attached hydrogens (primary N) is 1. The molecule has 1 aromatic heterocycles. The number of aromatic nitrogens is 2. The number of hydrogen-bond donors (Lipinski definition) is 2. The van der Waals surface area contributed by atoms with Gasteiger partial charge in [0.15, 0.2) is 11.6 Å². The van der Waals surface area contributed by atoms with E-state index < -0.39 is 0 Å². The highest BCUT2D eigenvalue weighted by molar-refractivity contribution is 5.66. The van der Waals surface area contributed by atoms with Gasteiger partial charge in [-0.15, -0.1) is 0 Å². The molecule has 3 N–H and O–H groups in total. The summed E-state index contributed by atoms with van der Waals surface area (Å²) in [5.74, 6) is 2.16. The third-order valence-corrected chi connectivity index (χ3v) is 2.44. The summed E-state index contributed by atoms with van der Waals surface area (Å²) in [5.41, 5.74) is 6.35. The summed E-state index contributed by atoms with van der Waals surface area (Å²) < 4.78 is 10.1. The maximum Gasteiger partial charge on any atom is 0.242 e. The quantitative estimate of drug-likeness (QED) is 0.770. The van der Waals surface area contributed by atoms with Crippen LogP contribution in [0.5, 0.6) is 5.88 Å². The van der Waals surface area contributed by atoms with Crippen LogP contribution in [0, 0.1) is 5.92 Å². The van der Waals surface area contributed by atoms with Gasteiger partial charge in [0.25, 0.3) is 0 Å². The van der Waals surface area contributed by atoms with Crippen molar-refractivity contribution in [3.05, 3.63) is 5.82 Å². The van der Waals surface area contributed by atoms with Crippen molar-refractivity contribution in [2.75, 3.05) is 31.8 Å². The Balaban J connectivity index is 2.83. The highest BCUT2D eigenvalue weighted by Gasteiger charge is 2.12. The average molecular weight is 254 g/mol. The van der Waals surface area contributed by atoms with E-state index in [1.165, 1.54) is 7.11 Å². The lowest BCUT2D eigenvalue weighted by atomic mass is 10.1. The van der Waals surface area contributed by atoms with Crippen LogP contribution in [-0.4, -0.2) is 30.7 Å². The molecular weight excluding hydrogens is 232 g/mol. The average Bonchev–Trinajstić information content (AvgIpc) is 2.32. The fourth-order valence-electron chi connectivity index (χ4n) is 1.46. The van der Waals surface area contributed by atoms with E-state index in [1.807, 2.05) is 0 Å². The predicted molar refractivity (Wildman–Crippen MR) is 71.7 cm³/mol. The van der Waals surface area contributed by atoms with Gasteiger partial charge in [-0.25, -0.2) is 4.98 Å². The first-order valence-corrected chi connectivity index (χ1v) is 6.01. The van der Waals surface area contributed by atoms with Crippen molar-refractivity contribution < 1.29 is 9.47 Å². The minimum absolute atomic E-state index is 0.329. The van der Waals surface area contributed by atoms with E-state index in [9.17, 15) is 0 Å². The van der Waals surface area contributed by atoms with Crippen LogP contribution in [-0.2, 0) is 11.3 Å². The van der Waals surface area contributed by atoms with Gasteiger partial charge in [-0.2, -0.15) is 4.98 Å². The fourth-order valence-corrected chi connectivity index (χ4v) is 1.46. The van der Waals surface area contributed by atoms with Crippen molar-refractivity contribution in [3.8, 4) is 5.88 Å². The first kappa shape index (κ1) is 14.5. The standard InChI is InChI=1S/C12H22N4O2/c1-8(2)5-6-14-11-10(13)12(18-4)16-9(15-11)7-17-3/h8H,5-7,13H2,1-4H3,(H,14,15,16). The van der Waals surface area contributed by atoms with Crippen LogP contribution in [0.2, 0.25) is 0 Å². The largest absolute Gasteiger partial charge is 0.479 e. The van der Waals surface area contributed by atoms with Gasteiger partial charge < -0.3 is 20.5 Å². The van der Waals surface area contributed by atoms with E-state index in [4.69, 9.17) is 15.2 Å². The topological polar surface area (TPSA) is 82.3 Å². The van der Waals surface area contributed by atoms with Gasteiger partial charge in [-0.3, -0.25) is 0 Å². The summed E-state index contributed by atoms with van der Waals surface area (Å²) in [4.78, 5) is 8.48. The summed E-state index contributed by atoms with van der Waals surface area (Å²) in [5, 5.41) is 3.21. The zero-order chi connectivity index (χ0) is 13.5. The molecule has 0 aromatic carbocycles. The SMILES string of the molecule is COCc1nc(NCCC(C)C)c(N)c(OC)n1. The number of methoxy groups -OCH3 is 2. The fraction of sp³-hybridized carbons (Fsp3) is 0.667. The Morgan fingerprint density at radius 3 is 2.56 bits per heavy atom. The van der Waals surface area contributed by atoms with Crippen LogP contribution in [0.25, 0.3) is 0 Å². The second-order valence-corrected chi connectivity index (χ2v) is 4.45. The van der Waals surface area contributed by atoms with Crippen LogP contribution in [0.4, 0.5) is 11.5 Å². The van der Waals surface area contributed by atoms with Gasteiger partial charge in [0.05, 0.1) is 7.11 Å². The Labute approximate surface area is 108 Å². The number of nitrogen functional groups attached to an aromatic ring is 1.